The third kappa shape index (κ3) is 3.44. The van der Waals surface area contributed by atoms with Crippen molar-refractivity contribution in [1.82, 2.24) is 0 Å². The SMILES string of the molecule is Cc1ccc(C)c(NC(=O)c2ccc(F)c(C(F)(F)F)c2)c1. The van der Waals surface area contributed by atoms with Crippen molar-refractivity contribution >= 4 is 11.6 Å². The first-order valence-electron chi connectivity index (χ1n) is 6.44. The Morgan fingerprint density at radius 3 is 2.36 bits per heavy atom. The van der Waals surface area contributed by atoms with E-state index in [9.17, 15) is 22.4 Å². The Morgan fingerprint density at radius 1 is 1.05 bits per heavy atom. The molecule has 0 radical (unpaired) electrons. The predicted octanol–water partition coefficient (Wildman–Crippen LogP) is 4.71. The number of hydrogen-bond acceptors (Lipinski definition) is 1. The third-order valence-corrected chi connectivity index (χ3v) is 3.18. The average molecular weight is 311 g/mol. The molecule has 2 aromatic carbocycles. The van der Waals surface area contributed by atoms with E-state index in [0.29, 0.717) is 17.8 Å². The number of rotatable bonds is 2. The molecule has 1 N–H and O–H groups in total. The quantitative estimate of drug-likeness (QED) is 0.799. The van der Waals surface area contributed by atoms with Crippen molar-refractivity contribution in [2.75, 3.05) is 5.32 Å². The minimum absolute atomic E-state index is 0.255. The molecule has 22 heavy (non-hydrogen) atoms. The summed E-state index contributed by atoms with van der Waals surface area (Å²) in [6.07, 6.45) is -4.85. The van der Waals surface area contributed by atoms with Gasteiger partial charge in [0.2, 0.25) is 0 Å². The Bertz CT molecular complexity index is 723. The van der Waals surface area contributed by atoms with Crippen molar-refractivity contribution in [3.63, 3.8) is 0 Å². The molecular formula is C16H13F4NO. The number of carbonyl (C=O) groups is 1. The average Bonchev–Trinajstić information content (AvgIpc) is 2.42. The molecular weight excluding hydrogens is 298 g/mol. The molecule has 0 aliphatic carbocycles. The standard InChI is InChI=1S/C16H13F4NO/c1-9-3-4-10(2)14(7-9)21-15(22)11-5-6-13(17)12(8-11)16(18,19)20/h3-8H,1-2H3,(H,21,22). The van der Waals surface area contributed by atoms with Crippen LogP contribution in [0.25, 0.3) is 0 Å². The number of nitrogens with one attached hydrogen (secondary N) is 1. The maximum absolute atomic E-state index is 13.2. The van der Waals surface area contributed by atoms with Crippen LogP contribution in [0.1, 0.15) is 27.0 Å². The van der Waals surface area contributed by atoms with Gasteiger partial charge in [-0.1, -0.05) is 12.1 Å². The Hall–Kier alpha value is -2.37. The summed E-state index contributed by atoms with van der Waals surface area (Å²) in [5, 5.41) is 2.54. The van der Waals surface area contributed by atoms with Gasteiger partial charge in [-0.3, -0.25) is 4.79 Å². The van der Waals surface area contributed by atoms with Crippen LogP contribution in [0.3, 0.4) is 0 Å². The van der Waals surface area contributed by atoms with Gasteiger partial charge in [-0.15, -0.1) is 0 Å². The van der Waals surface area contributed by atoms with Crippen LogP contribution < -0.4 is 5.32 Å². The van der Waals surface area contributed by atoms with Gasteiger partial charge in [-0.05, 0) is 49.2 Å². The van der Waals surface area contributed by atoms with Crippen molar-refractivity contribution in [2.24, 2.45) is 0 Å². The van der Waals surface area contributed by atoms with Crippen LogP contribution in [0.5, 0.6) is 0 Å². The maximum Gasteiger partial charge on any atom is 0.419 e. The molecule has 0 atom stereocenters. The van der Waals surface area contributed by atoms with Crippen LogP contribution in [-0.4, -0.2) is 5.91 Å². The smallest absolute Gasteiger partial charge is 0.322 e. The highest BCUT2D eigenvalue weighted by molar-refractivity contribution is 6.04. The minimum atomic E-state index is -4.85. The normalized spacial score (nSPS) is 11.4. The van der Waals surface area contributed by atoms with Crippen molar-refractivity contribution in [3.05, 3.63) is 64.5 Å². The van der Waals surface area contributed by atoms with Crippen LogP contribution >= 0.6 is 0 Å². The molecule has 0 bridgehead atoms. The number of carbonyl (C=O) groups excluding carboxylic acids is 1. The molecule has 0 aliphatic heterocycles. The van der Waals surface area contributed by atoms with E-state index >= 15 is 0 Å². The van der Waals surface area contributed by atoms with Crippen LogP contribution in [0, 0.1) is 19.7 Å². The fraction of sp³-hybridized carbons (Fsp3) is 0.188. The van der Waals surface area contributed by atoms with Gasteiger partial charge in [0, 0.05) is 11.3 Å². The maximum atomic E-state index is 13.2. The number of halogens is 4. The van der Waals surface area contributed by atoms with Gasteiger partial charge in [-0.2, -0.15) is 13.2 Å². The van der Waals surface area contributed by atoms with Gasteiger partial charge in [0.25, 0.3) is 5.91 Å². The summed E-state index contributed by atoms with van der Waals surface area (Å²) in [7, 11) is 0. The summed E-state index contributed by atoms with van der Waals surface area (Å²) < 4.78 is 51.2. The first-order valence-corrected chi connectivity index (χ1v) is 6.44. The lowest BCUT2D eigenvalue weighted by molar-refractivity contribution is -0.140. The molecule has 0 fully saturated rings. The van der Waals surface area contributed by atoms with E-state index in [2.05, 4.69) is 5.32 Å². The lowest BCUT2D eigenvalue weighted by Crippen LogP contribution is -2.15. The summed E-state index contributed by atoms with van der Waals surface area (Å²) in [5.41, 5.74) is 0.465. The van der Waals surface area contributed by atoms with Crippen LogP contribution in [0.2, 0.25) is 0 Å². The second kappa shape index (κ2) is 5.79. The lowest BCUT2D eigenvalue weighted by Gasteiger charge is -2.12. The van der Waals surface area contributed by atoms with Gasteiger partial charge >= 0.3 is 6.18 Å². The Balaban J connectivity index is 2.32. The molecule has 2 rings (SSSR count). The molecule has 0 aromatic heterocycles. The van der Waals surface area contributed by atoms with Crippen molar-refractivity contribution < 1.29 is 22.4 Å². The van der Waals surface area contributed by atoms with Crippen molar-refractivity contribution in [1.29, 1.82) is 0 Å². The number of alkyl halides is 3. The lowest BCUT2D eigenvalue weighted by atomic mass is 10.1. The van der Waals surface area contributed by atoms with Crippen molar-refractivity contribution in [3.8, 4) is 0 Å². The second-order valence-electron chi connectivity index (χ2n) is 4.96. The molecule has 1 amide bonds. The van der Waals surface area contributed by atoms with E-state index < -0.39 is 23.5 Å². The highest BCUT2D eigenvalue weighted by Gasteiger charge is 2.34. The fourth-order valence-corrected chi connectivity index (χ4v) is 1.95. The molecule has 0 aliphatic rings. The van der Waals surface area contributed by atoms with E-state index in [1.165, 1.54) is 0 Å². The Kier molecular flexibility index (Phi) is 4.21. The molecule has 2 nitrogen and oxygen atoms in total. The Labute approximate surface area is 124 Å². The Morgan fingerprint density at radius 2 is 1.73 bits per heavy atom. The fourth-order valence-electron chi connectivity index (χ4n) is 1.95. The summed E-state index contributed by atoms with van der Waals surface area (Å²) in [6, 6.07) is 7.52. The zero-order valence-electron chi connectivity index (χ0n) is 11.9. The van der Waals surface area contributed by atoms with Gasteiger partial charge < -0.3 is 5.32 Å². The summed E-state index contributed by atoms with van der Waals surface area (Å²) in [5.74, 6) is -2.13. The van der Waals surface area contributed by atoms with Crippen molar-refractivity contribution in [2.45, 2.75) is 20.0 Å². The monoisotopic (exact) mass is 311 g/mol. The first-order chi connectivity index (χ1) is 10.2. The third-order valence-electron chi connectivity index (χ3n) is 3.18. The topological polar surface area (TPSA) is 29.1 Å². The number of hydrogen-bond donors (Lipinski definition) is 1. The molecule has 0 heterocycles. The van der Waals surface area contributed by atoms with Gasteiger partial charge in [0.05, 0.1) is 5.56 Å². The van der Waals surface area contributed by atoms with E-state index in [-0.39, 0.29) is 5.56 Å². The largest absolute Gasteiger partial charge is 0.419 e. The van der Waals surface area contributed by atoms with E-state index in [0.717, 1.165) is 17.2 Å². The zero-order valence-corrected chi connectivity index (χ0v) is 11.9. The van der Waals surface area contributed by atoms with Crippen LogP contribution in [0.4, 0.5) is 23.2 Å². The molecule has 0 spiro atoms. The highest BCUT2D eigenvalue weighted by atomic mass is 19.4. The first kappa shape index (κ1) is 16.0. The number of amides is 1. The van der Waals surface area contributed by atoms with E-state index in [4.69, 9.17) is 0 Å². The molecule has 116 valence electrons. The van der Waals surface area contributed by atoms with Crippen LogP contribution in [0.15, 0.2) is 36.4 Å². The molecule has 0 saturated heterocycles. The predicted molar refractivity (Wildman–Crippen MR) is 75.3 cm³/mol. The summed E-state index contributed by atoms with van der Waals surface area (Å²) in [4.78, 5) is 12.1. The highest BCUT2D eigenvalue weighted by Crippen LogP contribution is 2.32. The number of aryl methyl sites for hydroxylation is 2. The van der Waals surface area contributed by atoms with Gasteiger partial charge in [0.1, 0.15) is 5.82 Å². The van der Waals surface area contributed by atoms with E-state index in [1.807, 2.05) is 13.0 Å². The van der Waals surface area contributed by atoms with Gasteiger partial charge in [-0.25, -0.2) is 4.39 Å². The summed E-state index contributed by atoms with van der Waals surface area (Å²) >= 11 is 0. The minimum Gasteiger partial charge on any atom is -0.322 e. The molecule has 2 aromatic rings. The zero-order chi connectivity index (χ0) is 16.5. The van der Waals surface area contributed by atoms with Crippen LogP contribution in [-0.2, 0) is 6.18 Å². The number of benzene rings is 2. The number of anilines is 1. The molecule has 0 unspecified atom stereocenters. The summed E-state index contributed by atoms with van der Waals surface area (Å²) in [6.45, 7) is 3.59. The van der Waals surface area contributed by atoms with E-state index in [1.54, 1.807) is 19.1 Å². The van der Waals surface area contributed by atoms with Gasteiger partial charge in [0.15, 0.2) is 0 Å². The molecule has 0 saturated carbocycles. The second-order valence-corrected chi connectivity index (χ2v) is 4.96. The molecule has 6 heteroatoms.